The molecule has 1 aliphatic carbocycles. The molecule has 2 aliphatic rings. The van der Waals surface area contributed by atoms with Gasteiger partial charge in [0.2, 0.25) is 0 Å². The topological polar surface area (TPSA) is 29.5 Å². The summed E-state index contributed by atoms with van der Waals surface area (Å²) in [5.41, 5.74) is 0.502. The second-order valence-corrected chi connectivity index (χ2v) is 6.12. The highest BCUT2D eigenvalue weighted by molar-refractivity contribution is 4.85. The van der Waals surface area contributed by atoms with E-state index in [0.29, 0.717) is 17.3 Å². The van der Waals surface area contributed by atoms with Crippen molar-refractivity contribution < 1.29 is 9.84 Å². The van der Waals surface area contributed by atoms with Crippen LogP contribution in [0.1, 0.15) is 46.0 Å². The van der Waals surface area contributed by atoms with Crippen LogP contribution in [0.5, 0.6) is 0 Å². The third-order valence-electron chi connectivity index (χ3n) is 4.31. The van der Waals surface area contributed by atoms with E-state index in [1.807, 2.05) is 0 Å². The zero-order chi connectivity index (χ0) is 10.9. The molecular formula is C13H24O2. The smallest absolute Gasteiger partial charge is 0.0619 e. The van der Waals surface area contributed by atoms with Gasteiger partial charge in [-0.15, -0.1) is 0 Å². The first kappa shape index (κ1) is 11.4. The summed E-state index contributed by atoms with van der Waals surface area (Å²) in [6.07, 6.45) is 5.88. The zero-order valence-electron chi connectivity index (χ0n) is 10.0. The third-order valence-corrected chi connectivity index (χ3v) is 4.31. The van der Waals surface area contributed by atoms with Crippen molar-refractivity contribution in [2.24, 2.45) is 17.3 Å². The van der Waals surface area contributed by atoms with Gasteiger partial charge in [-0.1, -0.05) is 13.8 Å². The summed E-state index contributed by atoms with van der Waals surface area (Å²) < 4.78 is 5.35. The lowest BCUT2D eigenvalue weighted by Crippen LogP contribution is -2.34. The van der Waals surface area contributed by atoms with Crippen molar-refractivity contribution in [1.29, 1.82) is 0 Å². The molecule has 0 aromatic rings. The second-order valence-electron chi connectivity index (χ2n) is 6.12. The van der Waals surface area contributed by atoms with Gasteiger partial charge in [-0.05, 0) is 43.4 Å². The molecule has 88 valence electrons. The number of hydrogen-bond acceptors (Lipinski definition) is 2. The van der Waals surface area contributed by atoms with Gasteiger partial charge in [0.15, 0.2) is 0 Å². The minimum absolute atomic E-state index is 0.108. The fourth-order valence-corrected chi connectivity index (χ4v) is 2.97. The molecule has 2 heteroatoms. The quantitative estimate of drug-likeness (QED) is 0.762. The SMILES string of the molecule is CC1(C)CCC(C(O)C2CCOC2)CC1. The summed E-state index contributed by atoms with van der Waals surface area (Å²) in [7, 11) is 0. The van der Waals surface area contributed by atoms with Crippen molar-refractivity contribution in [3.63, 3.8) is 0 Å². The van der Waals surface area contributed by atoms with Crippen LogP contribution in [-0.2, 0) is 4.74 Å². The summed E-state index contributed by atoms with van der Waals surface area (Å²) in [5, 5.41) is 10.3. The molecule has 0 bridgehead atoms. The van der Waals surface area contributed by atoms with Crippen LogP contribution < -0.4 is 0 Å². The van der Waals surface area contributed by atoms with Gasteiger partial charge in [0.05, 0.1) is 12.7 Å². The Morgan fingerprint density at radius 3 is 2.33 bits per heavy atom. The van der Waals surface area contributed by atoms with Gasteiger partial charge in [-0.3, -0.25) is 0 Å². The number of rotatable bonds is 2. The molecular weight excluding hydrogens is 188 g/mol. The predicted octanol–water partition coefficient (Wildman–Crippen LogP) is 2.60. The van der Waals surface area contributed by atoms with E-state index < -0.39 is 0 Å². The molecule has 1 N–H and O–H groups in total. The van der Waals surface area contributed by atoms with Crippen molar-refractivity contribution in [3.05, 3.63) is 0 Å². The van der Waals surface area contributed by atoms with Crippen LogP contribution >= 0.6 is 0 Å². The van der Waals surface area contributed by atoms with Gasteiger partial charge in [-0.25, -0.2) is 0 Å². The third kappa shape index (κ3) is 2.73. The average molecular weight is 212 g/mol. The molecule has 0 aromatic heterocycles. The number of ether oxygens (including phenoxy) is 1. The standard InChI is InChI=1S/C13H24O2/c1-13(2)6-3-10(4-7-13)12(14)11-5-8-15-9-11/h10-12,14H,3-9H2,1-2H3. The van der Waals surface area contributed by atoms with Gasteiger partial charge in [0, 0.05) is 12.5 Å². The van der Waals surface area contributed by atoms with Crippen LogP contribution in [0.4, 0.5) is 0 Å². The monoisotopic (exact) mass is 212 g/mol. The van der Waals surface area contributed by atoms with Crippen LogP contribution in [0.15, 0.2) is 0 Å². The summed E-state index contributed by atoms with van der Waals surface area (Å²) >= 11 is 0. The van der Waals surface area contributed by atoms with Crippen LogP contribution in [0.2, 0.25) is 0 Å². The van der Waals surface area contributed by atoms with Crippen molar-refractivity contribution in [2.45, 2.75) is 52.1 Å². The van der Waals surface area contributed by atoms with E-state index in [1.54, 1.807) is 0 Å². The highest BCUT2D eigenvalue weighted by Crippen LogP contribution is 2.41. The van der Waals surface area contributed by atoms with E-state index in [2.05, 4.69) is 13.8 Å². The van der Waals surface area contributed by atoms with Gasteiger partial charge >= 0.3 is 0 Å². The van der Waals surface area contributed by atoms with E-state index in [9.17, 15) is 5.11 Å². The highest BCUT2D eigenvalue weighted by Gasteiger charge is 2.35. The molecule has 0 amide bonds. The molecule has 2 atom stereocenters. The Labute approximate surface area is 93.0 Å². The highest BCUT2D eigenvalue weighted by atomic mass is 16.5. The summed E-state index contributed by atoms with van der Waals surface area (Å²) in [4.78, 5) is 0. The van der Waals surface area contributed by atoms with Gasteiger partial charge < -0.3 is 9.84 Å². The summed E-state index contributed by atoms with van der Waals surface area (Å²) in [6, 6.07) is 0. The Hall–Kier alpha value is -0.0800. The molecule has 2 fully saturated rings. The van der Waals surface area contributed by atoms with Gasteiger partial charge in [0.25, 0.3) is 0 Å². The van der Waals surface area contributed by atoms with E-state index in [1.165, 1.54) is 25.7 Å². The molecule has 0 radical (unpaired) electrons. The fraction of sp³-hybridized carbons (Fsp3) is 1.00. The Kier molecular flexibility index (Phi) is 3.36. The lowest BCUT2D eigenvalue weighted by atomic mass is 9.70. The molecule has 2 nitrogen and oxygen atoms in total. The maximum absolute atomic E-state index is 10.3. The Morgan fingerprint density at radius 1 is 1.13 bits per heavy atom. The maximum Gasteiger partial charge on any atom is 0.0619 e. The maximum atomic E-state index is 10.3. The molecule has 1 aliphatic heterocycles. The van der Waals surface area contributed by atoms with Crippen LogP contribution in [-0.4, -0.2) is 24.4 Å². The Bertz CT molecular complexity index is 197. The van der Waals surface area contributed by atoms with Crippen molar-refractivity contribution in [1.82, 2.24) is 0 Å². The number of aliphatic hydroxyl groups excluding tert-OH is 1. The van der Waals surface area contributed by atoms with Crippen LogP contribution in [0, 0.1) is 17.3 Å². The first-order chi connectivity index (χ1) is 7.08. The molecule has 15 heavy (non-hydrogen) atoms. The van der Waals surface area contributed by atoms with Crippen molar-refractivity contribution in [3.8, 4) is 0 Å². The Balaban J connectivity index is 1.84. The fourth-order valence-electron chi connectivity index (χ4n) is 2.97. The predicted molar refractivity (Wildman–Crippen MR) is 60.7 cm³/mol. The minimum Gasteiger partial charge on any atom is -0.392 e. The van der Waals surface area contributed by atoms with Crippen molar-refractivity contribution in [2.75, 3.05) is 13.2 Å². The molecule has 1 saturated carbocycles. The average Bonchev–Trinajstić information content (AvgIpc) is 2.69. The number of aliphatic hydroxyl groups is 1. The number of hydrogen-bond donors (Lipinski definition) is 1. The largest absolute Gasteiger partial charge is 0.392 e. The molecule has 0 spiro atoms. The second kappa shape index (κ2) is 4.42. The molecule has 1 heterocycles. The normalized spacial score (nSPS) is 34.2. The van der Waals surface area contributed by atoms with Crippen molar-refractivity contribution >= 4 is 0 Å². The molecule has 0 aromatic carbocycles. The molecule has 1 saturated heterocycles. The van der Waals surface area contributed by atoms with E-state index in [0.717, 1.165) is 19.6 Å². The summed E-state index contributed by atoms with van der Waals surface area (Å²) in [5.74, 6) is 0.945. The molecule has 2 rings (SSSR count). The van der Waals surface area contributed by atoms with Gasteiger partial charge in [-0.2, -0.15) is 0 Å². The van der Waals surface area contributed by atoms with E-state index in [-0.39, 0.29) is 6.10 Å². The van der Waals surface area contributed by atoms with Crippen LogP contribution in [0.3, 0.4) is 0 Å². The first-order valence-electron chi connectivity index (χ1n) is 6.34. The molecule has 2 unspecified atom stereocenters. The minimum atomic E-state index is -0.108. The Morgan fingerprint density at radius 2 is 1.80 bits per heavy atom. The van der Waals surface area contributed by atoms with E-state index >= 15 is 0 Å². The first-order valence-corrected chi connectivity index (χ1v) is 6.34. The lowest BCUT2D eigenvalue weighted by Gasteiger charge is -2.37. The zero-order valence-corrected chi connectivity index (χ0v) is 10.0. The lowest BCUT2D eigenvalue weighted by molar-refractivity contribution is 0.0118. The van der Waals surface area contributed by atoms with E-state index in [4.69, 9.17) is 4.74 Å². The van der Waals surface area contributed by atoms with Crippen LogP contribution in [0.25, 0.3) is 0 Å². The summed E-state index contributed by atoms with van der Waals surface area (Å²) in [6.45, 7) is 6.31. The van der Waals surface area contributed by atoms with Gasteiger partial charge in [0.1, 0.15) is 0 Å².